The van der Waals surface area contributed by atoms with Gasteiger partial charge >= 0.3 is 18.1 Å². The molecule has 0 fully saturated rings. The summed E-state index contributed by atoms with van der Waals surface area (Å²) in [5.74, 6) is -11.7. The summed E-state index contributed by atoms with van der Waals surface area (Å²) >= 11 is 0. The number of esters is 1. The van der Waals surface area contributed by atoms with Gasteiger partial charge in [0.25, 0.3) is 0 Å². The number of ether oxygens (including phenoxy) is 1. The van der Waals surface area contributed by atoms with Crippen LogP contribution < -0.4 is 0 Å². The van der Waals surface area contributed by atoms with Crippen LogP contribution >= 0.6 is 0 Å². The molecule has 0 aliphatic carbocycles. The Kier molecular flexibility index (Phi) is 4.72. The lowest BCUT2D eigenvalue weighted by atomic mass is 10.1. The normalized spacial score (nSPS) is 12.1. The molecule has 0 aromatic heterocycles. The predicted molar refractivity (Wildman–Crippen MR) is 42.3 cm³/mol. The Morgan fingerprint density at radius 2 is 1.53 bits per heavy atom. The van der Waals surface area contributed by atoms with Gasteiger partial charge in [-0.3, -0.25) is 9.59 Å². The van der Waals surface area contributed by atoms with Crippen molar-refractivity contribution in [2.24, 2.45) is 0 Å². The number of carbonyl (C=O) groups is 3. The summed E-state index contributed by atoms with van der Waals surface area (Å²) in [7, 11) is 0. The van der Waals surface area contributed by atoms with Crippen LogP contribution in [-0.4, -0.2) is 36.2 Å². The molecule has 0 spiro atoms. The van der Waals surface area contributed by atoms with Gasteiger partial charge in [-0.2, -0.15) is 22.0 Å². The molecule has 0 bridgehead atoms. The smallest absolute Gasteiger partial charge is 0.460 e. The summed E-state index contributed by atoms with van der Waals surface area (Å²) in [6, 6.07) is 0. The van der Waals surface area contributed by atoms with Crippen molar-refractivity contribution in [2.45, 2.75) is 25.4 Å². The van der Waals surface area contributed by atoms with Crippen LogP contribution in [0.3, 0.4) is 0 Å². The third-order valence-corrected chi connectivity index (χ3v) is 1.53. The molecule has 0 atom stereocenters. The summed E-state index contributed by atoms with van der Waals surface area (Å²) in [4.78, 5) is 31.9. The van der Waals surface area contributed by atoms with Crippen molar-refractivity contribution in [3.63, 3.8) is 0 Å². The molecule has 98 valence electrons. The molecule has 0 aromatic carbocycles. The van der Waals surface area contributed by atoms with E-state index >= 15 is 0 Å². The van der Waals surface area contributed by atoms with Crippen molar-refractivity contribution >= 4 is 17.5 Å². The minimum atomic E-state index is -6.10. The highest BCUT2D eigenvalue weighted by Gasteiger charge is 2.63. The Morgan fingerprint density at radius 1 is 1.06 bits per heavy atom. The second kappa shape index (κ2) is 5.19. The Labute approximate surface area is 91.7 Å². The average molecular weight is 262 g/mol. The van der Waals surface area contributed by atoms with Crippen molar-refractivity contribution < 1.29 is 41.1 Å². The SMILES string of the molecule is CCOC(=O)C(=O)CC(=O)C(F)(F)C(F)(F)F. The quantitative estimate of drug-likeness (QED) is 0.324. The van der Waals surface area contributed by atoms with Gasteiger partial charge in [0.2, 0.25) is 11.6 Å². The van der Waals surface area contributed by atoms with Crippen molar-refractivity contribution in [1.82, 2.24) is 0 Å². The zero-order chi connectivity index (χ0) is 13.9. The molecule has 0 aliphatic rings. The molecule has 0 aromatic rings. The van der Waals surface area contributed by atoms with Gasteiger partial charge < -0.3 is 4.74 Å². The topological polar surface area (TPSA) is 60.4 Å². The maximum atomic E-state index is 12.4. The molecule has 0 N–H and O–H groups in total. The van der Waals surface area contributed by atoms with E-state index in [0.717, 1.165) is 0 Å². The Balaban J connectivity index is 4.67. The van der Waals surface area contributed by atoms with E-state index in [1.165, 1.54) is 6.92 Å². The number of Topliss-reactive ketones (excluding diaryl/α,β-unsaturated/α-hetero) is 2. The lowest BCUT2D eigenvalue weighted by molar-refractivity contribution is -0.268. The predicted octanol–water partition coefficient (Wildman–Crippen LogP) is 1.28. The first-order valence-corrected chi connectivity index (χ1v) is 4.21. The number of halogens is 5. The van der Waals surface area contributed by atoms with Crippen molar-refractivity contribution in [3.05, 3.63) is 0 Å². The number of carbonyl (C=O) groups excluding carboxylic acids is 3. The number of rotatable bonds is 5. The van der Waals surface area contributed by atoms with E-state index in [4.69, 9.17) is 0 Å². The van der Waals surface area contributed by atoms with Gasteiger partial charge in [0.05, 0.1) is 13.0 Å². The number of alkyl halides is 5. The number of hydrogen-bond donors (Lipinski definition) is 0. The first-order chi connectivity index (χ1) is 7.54. The molecule has 0 unspecified atom stereocenters. The standard InChI is InChI=1S/C8H7F5O4/c1-2-17-6(16)4(14)3-5(15)7(9,10)8(11,12)13/h2-3H2,1H3. The Bertz CT molecular complexity index is 333. The van der Waals surface area contributed by atoms with E-state index in [2.05, 4.69) is 4.74 Å². The van der Waals surface area contributed by atoms with E-state index in [9.17, 15) is 36.3 Å². The lowest BCUT2D eigenvalue weighted by Crippen LogP contribution is -2.45. The second-order valence-electron chi connectivity index (χ2n) is 2.82. The van der Waals surface area contributed by atoms with Crippen LogP contribution in [0, 0.1) is 0 Å². The van der Waals surface area contributed by atoms with Gasteiger partial charge in [-0.15, -0.1) is 0 Å². The highest BCUT2D eigenvalue weighted by Crippen LogP contribution is 2.36. The summed E-state index contributed by atoms with van der Waals surface area (Å²) in [6.45, 7) is 1.02. The zero-order valence-corrected chi connectivity index (χ0v) is 8.44. The third-order valence-electron chi connectivity index (χ3n) is 1.53. The molecular weight excluding hydrogens is 255 g/mol. The molecule has 0 heterocycles. The number of ketones is 2. The maximum absolute atomic E-state index is 12.4. The van der Waals surface area contributed by atoms with Crippen molar-refractivity contribution in [3.8, 4) is 0 Å². The molecule has 4 nitrogen and oxygen atoms in total. The minimum absolute atomic E-state index is 0.269. The monoisotopic (exact) mass is 262 g/mol. The van der Waals surface area contributed by atoms with Crippen LogP contribution in [0.15, 0.2) is 0 Å². The highest BCUT2D eigenvalue weighted by molar-refractivity contribution is 6.37. The van der Waals surface area contributed by atoms with Crippen molar-refractivity contribution in [2.75, 3.05) is 6.61 Å². The van der Waals surface area contributed by atoms with Crippen LogP contribution in [0.2, 0.25) is 0 Å². The van der Waals surface area contributed by atoms with Crippen molar-refractivity contribution in [1.29, 1.82) is 0 Å². The zero-order valence-electron chi connectivity index (χ0n) is 8.44. The molecule has 0 saturated carbocycles. The molecular formula is C8H7F5O4. The number of hydrogen-bond acceptors (Lipinski definition) is 4. The molecule has 9 heteroatoms. The molecule has 17 heavy (non-hydrogen) atoms. The third kappa shape index (κ3) is 3.75. The van der Waals surface area contributed by atoms with Gasteiger partial charge in [-0.1, -0.05) is 0 Å². The first-order valence-electron chi connectivity index (χ1n) is 4.21. The van der Waals surface area contributed by atoms with Crippen LogP contribution in [0.1, 0.15) is 13.3 Å². The lowest BCUT2D eigenvalue weighted by Gasteiger charge is -2.17. The maximum Gasteiger partial charge on any atom is 0.461 e. The van der Waals surface area contributed by atoms with Gasteiger partial charge in [0.1, 0.15) is 0 Å². The Morgan fingerprint density at radius 3 is 1.88 bits per heavy atom. The second-order valence-corrected chi connectivity index (χ2v) is 2.82. The summed E-state index contributed by atoms with van der Waals surface area (Å²) in [6.07, 6.45) is -7.95. The van der Waals surface area contributed by atoms with Gasteiger partial charge in [-0.05, 0) is 6.92 Å². The molecule has 0 amide bonds. The summed E-state index contributed by atoms with van der Waals surface area (Å²) in [5, 5.41) is 0. The molecule has 0 rings (SSSR count). The average Bonchev–Trinajstić information content (AvgIpc) is 2.15. The van der Waals surface area contributed by atoms with Gasteiger partial charge in [0.15, 0.2) is 0 Å². The molecule has 0 aliphatic heterocycles. The van der Waals surface area contributed by atoms with E-state index in [1.807, 2.05) is 0 Å². The van der Waals surface area contributed by atoms with Crippen LogP contribution in [-0.2, 0) is 19.1 Å². The molecule has 0 saturated heterocycles. The Hall–Kier alpha value is -1.54. The first kappa shape index (κ1) is 15.5. The molecule has 0 radical (unpaired) electrons. The van der Waals surface area contributed by atoms with Crippen LogP contribution in [0.4, 0.5) is 22.0 Å². The summed E-state index contributed by atoms with van der Waals surface area (Å²) in [5.41, 5.74) is 0. The van der Waals surface area contributed by atoms with Crippen LogP contribution in [0.5, 0.6) is 0 Å². The fourth-order valence-corrected chi connectivity index (χ4v) is 0.699. The minimum Gasteiger partial charge on any atom is -0.460 e. The van der Waals surface area contributed by atoms with E-state index in [0.29, 0.717) is 0 Å². The fourth-order valence-electron chi connectivity index (χ4n) is 0.699. The largest absolute Gasteiger partial charge is 0.461 e. The van der Waals surface area contributed by atoms with E-state index in [1.54, 1.807) is 0 Å². The van der Waals surface area contributed by atoms with Gasteiger partial charge in [-0.25, -0.2) is 4.79 Å². The van der Waals surface area contributed by atoms with Gasteiger partial charge in [0, 0.05) is 0 Å². The fraction of sp³-hybridized carbons (Fsp3) is 0.625. The highest BCUT2D eigenvalue weighted by atomic mass is 19.4. The van der Waals surface area contributed by atoms with E-state index < -0.39 is 36.1 Å². The van der Waals surface area contributed by atoms with Crippen LogP contribution in [0.25, 0.3) is 0 Å². The van der Waals surface area contributed by atoms with E-state index in [-0.39, 0.29) is 6.61 Å². The summed E-state index contributed by atoms with van der Waals surface area (Å²) < 4.78 is 63.8.